The van der Waals surface area contributed by atoms with Crippen LogP contribution in [0.25, 0.3) is 0 Å². The van der Waals surface area contributed by atoms with E-state index < -0.39 is 0 Å². The van der Waals surface area contributed by atoms with Crippen LogP contribution in [0.1, 0.15) is 29.8 Å². The maximum Gasteiger partial charge on any atom is 0.256 e. The zero-order chi connectivity index (χ0) is 16.1. The molecule has 0 aromatic heterocycles. The molecule has 0 atom stereocenters. The summed E-state index contributed by atoms with van der Waals surface area (Å²) in [5, 5.41) is 2.90. The number of nitrogens with one attached hydrogen (secondary N) is 1. The molecule has 23 heavy (non-hydrogen) atoms. The lowest BCUT2D eigenvalue weighted by molar-refractivity contribution is 0.102. The fourth-order valence-electron chi connectivity index (χ4n) is 2.03. The Morgan fingerprint density at radius 1 is 1.22 bits per heavy atom. The van der Waals surface area contributed by atoms with Gasteiger partial charge in [0, 0.05) is 11.3 Å². The minimum absolute atomic E-state index is 0. The second kappa shape index (κ2) is 8.44. The highest BCUT2D eigenvalue weighted by Gasteiger charge is 2.12. The Bertz CT molecular complexity index is 672. The summed E-state index contributed by atoms with van der Waals surface area (Å²) in [7, 11) is 0. The molecule has 0 fully saturated rings. The van der Waals surface area contributed by atoms with E-state index in [-0.39, 0.29) is 18.3 Å². The van der Waals surface area contributed by atoms with Crippen molar-refractivity contribution < 1.29 is 9.53 Å². The number of anilines is 2. The number of carbonyl (C=O) groups excluding carboxylic acids is 1. The van der Waals surface area contributed by atoms with Crippen molar-refractivity contribution in [3.8, 4) is 5.75 Å². The van der Waals surface area contributed by atoms with E-state index in [4.69, 9.17) is 10.5 Å². The first kappa shape index (κ1) is 18.8. The summed E-state index contributed by atoms with van der Waals surface area (Å²) in [6.45, 7) is 6.65. The van der Waals surface area contributed by atoms with Crippen molar-refractivity contribution in [1.29, 1.82) is 0 Å². The van der Waals surface area contributed by atoms with Crippen LogP contribution >= 0.6 is 12.4 Å². The fraction of sp³-hybridized carbons (Fsp3) is 0.278. The lowest BCUT2D eigenvalue weighted by Gasteiger charge is -2.14. The molecule has 0 saturated carbocycles. The maximum absolute atomic E-state index is 12.5. The predicted octanol–water partition coefficient (Wildman–Crippen LogP) is 4.29. The number of nitrogen functional groups attached to an aromatic ring is 1. The van der Waals surface area contributed by atoms with Crippen molar-refractivity contribution >= 4 is 29.7 Å². The summed E-state index contributed by atoms with van der Waals surface area (Å²) in [4.78, 5) is 12.5. The molecule has 0 radical (unpaired) electrons. The zero-order valence-corrected chi connectivity index (χ0v) is 14.4. The Morgan fingerprint density at radius 2 is 1.91 bits per heavy atom. The monoisotopic (exact) mass is 334 g/mol. The number of carbonyl (C=O) groups is 1. The van der Waals surface area contributed by atoms with Gasteiger partial charge in [0.2, 0.25) is 0 Å². The number of halogens is 1. The lowest BCUT2D eigenvalue weighted by Crippen LogP contribution is -2.15. The first-order valence-corrected chi connectivity index (χ1v) is 7.36. The Balaban J connectivity index is 0.00000264. The van der Waals surface area contributed by atoms with E-state index in [1.165, 1.54) is 0 Å². The minimum atomic E-state index is -0.189. The Morgan fingerprint density at radius 3 is 2.61 bits per heavy atom. The van der Waals surface area contributed by atoms with E-state index in [0.29, 0.717) is 35.2 Å². The third-order valence-corrected chi connectivity index (χ3v) is 3.21. The molecule has 2 aromatic rings. The van der Waals surface area contributed by atoms with Gasteiger partial charge in [0.05, 0.1) is 12.3 Å². The molecule has 0 saturated heterocycles. The van der Waals surface area contributed by atoms with Crippen LogP contribution < -0.4 is 15.8 Å². The van der Waals surface area contributed by atoms with Crippen LogP contribution in [0.3, 0.4) is 0 Å². The van der Waals surface area contributed by atoms with Crippen LogP contribution in [0, 0.1) is 12.8 Å². The predicted molar refractivity (Wildman–Crippen MR) is 97.6 cm³/mol. The number of aryl methyl sites for hydroxylation is 1. The van der Waals surface area contributed by atoms with Crippen LogP contribution in [0.4, 0.5) is 11.4 Å². The van der Waals surface area contributed by atoms with Crippen LogP contribution in [0.2, 0.25) is 0 Å². The topological polar surface area (TPSA) is 64.4 Å². The smallest absolute Gasteiger partial charge is 0.256 e. The molecule has 1 amide bonds. The molecule has 0 heterocycles. The molecule has 5 heteroatoms. The maximum atomic E-state index is 12.5. The van der Waals surface area contributed by atoms with Gasteiger partial charge in [-0.3, -0.25) is 4.79 Å². The van der Waals surface area contributed by atoms with E-state index in [1.807, 2.05) is 37.3 Å². The normalized spacial score (nSPS) is 10.1. The van der Waals surface area contributed by atoms with E-state index in [2.05, 4.69) is 19.2 Å². The van der Waals surface area contributed by atoms with Crippen molar-refractivity contribution in [3.05, 3.63) is 53.6 Å². The number of hydrogen-bond acceptors (Lipinski definition) is 3. The first-order chi connectivity index (χ1) is 10.5. The average molecular weight is 335 g/mol. The van der Waals surface area contributed by atoms with Crippen LogP contribution in [0.15, 0.2) is 42.5 Å². The van der Waals surface area contributed by atoms with Gasteiger partial charge < -0.3 is 15.8 Å². The number of rotatable bonds is 5. The van der Waals surface area contributed by atoms with Gasteiger partial charge in [-0.2, -0.15) is 0 Å². The number of amides is 1. The minimum Gasteiger partial charge on any atom is -0.491 e. The molecular weight excluding hydrogens is 312 g/mol. The highest BCUT2D eigenvalue weighted by Crippen LogP contribution is 2.25. The highest BCUT2D eigenvalue weighted by atomic mass is 35.5. The largest absolute Gasteiger partial charge is 0.491 e. The van der Waals surface area contributed by atoms with Crippen molar-refractivity contribution in [1.82, 2.24) is 0 Å². The number of nitrogens with two attached hydrogens (primary N) is 1. The quantitative estimate of drug-likeness (QED) is 0.802. The fourth-order valence-corrected chi connectivity index (χ4v) is 2.03. The molecule has 3 N–H and O–H groups in total. The number of ether oxygens (including phenoxy) is 1. The van der Waals surface area contributed by atoms with Gasteiger partial charge in [0.1, 0.15) is 5.75 Å². The third kappa shape index (κ3) is 5.18. The van der Waals surface area contributed by atoms with E-state index in [1.54, 1.807) is 12.1 Å². The van der Waals surface area contributed by atoms with Crippen molar-refractivity contribution in [2.45, 2.75) is 20.8 Å². The molecule has 2 rings (SSSR count). The van der Waals surface area contributed by atoms with Gasteiger partial charge in [-0.05, 0) is 42.7 Å². The summed E-state index contributed by atoms with van der Waals surface area (Å²) in [6, 6.07) is 12.7. The standard InChI is InChI=1S/C18H22N2O2.ClH/c1-12(2)11-22-17-7-5-4-6-16(17)20-18(21)15-10-14(19)9-8-13(15)3;/h4-10,12H,11,19H2,1-3H3,(H,20,21);1H. The molecule has 0 spiro atoms. The van der Waals surface area contributed by atoms with Gasteiger partial charge in [-0.25, -0.2) is 0 Å². The lowest BCUT2D eigenvalue weighted by atomic mass is 10.1. The molecule has 0 aliphatic carbocycles. The van der Waals surface area contributed by atoms with Gasteiger partial charge in [0.15, 0.2) is 0 Å². The van der Waals surface area contributed by atoms with Gasteiger partial charge >= 0.3 is 0 Å². The second-order valence-corrected chi connectivity index (χ2v) is 5.73. The second-order valence-electron chi connectivity index (χ2n) is 5.73. The number of hydrogen-bond donors (Lipinski definition) is 2. The summed E-state index contributed by atoms with van der Waals surface area (Å²) in [6.07, 6.45) is 0. The number of benzene rings is 2. The molecule has 0 aliphatic rings. The molecule has 2 aromatic carbocycles. The molecule has 0 unspecified atom stereocenters. The third-order valence-electron chi connectivity index (χ3n) is 3.21. The summed E-state index contributed by atoms with van der Waals surface area (Å²) in [5.41, 5.74) is 8.45. The summed E-state index contributed by atoms with van der Waals surface area (Å²) >= 11 is 0. The van der Waals surface area contributed by atoms with E-state index in [0.717, 1.165) is 5.56 Å². The van der Waals surface area contributed by atoms with Crippen LogP contribution in [0.5, 0.6) is 5.75 Å². The Kier molecular flexibility index (Phi) is 6.91. The Hall–Kier alpha value is -2.20. The molecule has 0 bridgehead atoms. The Labute approximate surface area is 143 Å². The molecule has 124 valence electrons. The zero-order valence-electron chi connectivity index (χ0n) is 13.6. The SMILES string of the molecule is Cc1ccc(N)cc1C(=O)Nc1ccccc1OCC(C)C.Cl. The molecule has 0 aliphatic heterocycles. The van der Waals surface area contributed by atoms with Crippen molar-refractivity contribution in [3.63, 3.8) is 0 Å². The van der Waals surface area contributed by atoms with Crippen LogP contribution in [-0.4, -0.2) is 12.5 Å². The van der Waals surface area contributed by atoms with Crippen molar-refractivity contribution in [2.75, 3.05) is 17.7 Å². The van der Waals surface area contributed by atoms with E-state index >= 15 is 0 Å². The van der Waals surface area contributed by atoms with E-state index in [9.17, 15) is 4.79 Å². The summed E-state index contributed by atoms with van der Waals surface area (Å²) in [5.74, 6) is 0.899. The molecule has 4 nitrogen and oxygen atoms in total. The first-order valence-electron chi connectivity index (χ1n) is 7.36. The molecular formula is C18H23ClN2O2. The van der Waals surface area contributed by atoms with Crippen LogP contribution in [-0.2, 0) is 0 Å². The van der Waals surface area contributed by atoms with Crippen molar-refractivity contribution in [2.24, 2.45) is 5.92 Å². The number of para-hydroxylation sites is 2. The van der Waals surface area contributed by atoms with Gasteiger partial charge in [-0.1, -0.05) is 32.0 Å². The average Bonchev–Trinajstić information content (AvgIpc) is 2.48. The summed E-state index contributed by atoms with van der Waals surface area (Å²) < 4.78 is 5.75. The van der Waals surface area contributed by atoms with Gasteiger partial charge in [-0.15, -0.1) is 12.4 Å². The van der Waals surface area contributed by atoms with Gasteiger partial charge in [0.25, 0.3) is 5.91 Å². The highest BCUT2D eigenvalue weighted by molar-refractivity contribution is 6.06.